The largest absolute Gasteiger partial charge is 0.461 e. The molecule has 0 amide bonds. The normalized spacial score (nSPS) is 14.4. The number of carbonyl (C=O) groups excluding carboxylic acids is 1. The molecule has 190 valence electrons. The number of para-hydroxylation sites is 1. The van der Waals surface area contributed by atoms with Gasteiger partial charge in [-0.1, -0.05) is 48.5 Å². The van der Waals surface area contributed by atoms with Crippen LogP contribution in [0.3, 0.4) is 0 Å². The van der Waals surface area contributed by atoms with E-state index in [4.69, 9.17) is 9.15 Å². The van der Waals surface area contributed by atoms with Crippen LogP contribution in [0.1, 0.15) is 11.9 Å². The van der Waals surface area contributed by atoms with Crippen molar-refractivity contribution in [3.05, 3.63) is 98.6 Å². The highest BCUT2D eigenvalue weighted by molar-refractivity contribution is 8.19. The number of esters is 1. The zero-order valence-electron chi connectivity index (χ0n) is 20.5. The molecule has 0 aliphatic carbocycles. The molecule has 0 N–H and O–H groups in total. The van der Waals surface area contributed by atoms with Crippen LogP contribution < -0.4 is 10.6 Å². The number of ether oxygens (including phenoxy) is 1. The van der Waals surface area contributed by atoms with Crippen LogP contribution in [0.25, 0.3) is 38.6 Å². The summed E-state index contributed by atoms with van der Waals surface area (Å²) in [4.78, 5) is 30.1. The molecular formula is C29H18N4O4S2. The van der Waals surface area contributed by atoms with Gasteiger partial charge in [0.25, 0.3) is 0 Å². The fraction of sp³-hybridized carbons (Fsp3) is 0.0690. The molecule has 3 heterocycles. The van der Waals surface area contributed by atoms with Crippen molar-refractivity contribution in [3.63, 3.8) is 0 Å². The van der Waals surface area contributed by atoms with Gasteiger partial charge in [0.15, 0.2) is 0 Å². The van der Waals surface area contributed by atoms with Crippen LogP contribution >= 0.6 is 23.1 Å². The summed E-state index contributed by atoms with van der Waals surface area (Å²) in [6, 6.07) is 24.7. The van der Waals surface area contributed by atoms with Crippen molar-refractivity contribution >= 4 is 67.1 Å². The van der Waals surface area contributed by atoms with Crippen molar-refractivity contribution in [1.29, 1.82) is 5.26 Å². The van der Waals surface area contributed by atoms with Gasteiger partial charge in [0, 0.05) is 10.8 Å². The minimum absolute atomic E-state index is 0.113. The Kier molecular flexibility index (Phi) is 6.44. The quantitative estimate of drug-likeness (QED) is 0.107. The lowest BCUT2D eigenvalue weighted by atomic mass is 10.0. The fourth-order valence-corrected chi connectivity index (χ4v) is 6.02. The fourth-order valence-electron chi connectivity index (χ4n) is 4.22. The Bertz CT molecular complexity index is 1920. The number of hydrogen-bond donors (Lipinski definition) is 0. The predicted octanol–water partition coefficient (Wildman–Crippen LogP) is 6.39. The third-order valence-corrected chi connectivity index (χ3v) is 7.86. The van der Waals surface area contributed by atoms with Crippen molar-refractivity contribution in [2.45, 2.75) is 6.92 Å². The van der Waals surface area contributed by atoms with E-state index >= 15 is 0 Å². The van der Waals surface area contributed by atoms with E-state index in [9.17, 15) is 14.9 Å². The summed E-state index contributed by atoms with van der Waals surface area (Å²) in [5.41, 5.74) is 1.56. The van der Waals surface area contributed by atoms with E-state index < -0.39 is 11.6 Å². The molecule has 8 nitrogen and oxygen atoms in total. The number of thioether (sulfide) groups is 1. The maximum absolute atomic E-state index is 12.9. The molecule has 5 aromatic rings. The smallest absolute Gasteiger partial charge is 0.365 e. The van der Waals surface area contributed by atoms with Gasteiger partial charge in [-0.05, 0) is 53.7 Å². The van der Waals surface area contributed by atoms with Crippen LogP contribution in [-0.2, 0) is 9.53 Å². The van der Waals surface area contributed by atoms with Crippen LogP contribution in [0.4, 0.5) is 5.69 Å². The molecule has 1 aliphatic rings. The molecule has 6 rings (SSSR count). The Hall–Kier alpha value is -4.72. The minimum atomic E-state index is -0.573. The lowest BCUT2D eigenvalue weighted by Gasteiger charge is -2.16. The zero-order valence-corrected chi connectivity index (χ0v) is 22.1. The molecular weight excluding hydrogens is 532 g/mol. The Morgan fingerprint density at radius 2 is 1.87 bits per heavy atom. The van der Waals surface area contributed by atoms with E-state index in [0.29, 0.717) is 32.6 Å². The standard InChI is InChI=1S/C29H18N4O4S2/c1-2-36-29(35)26-32-33(18-9-4-3-5-10-18)27(39-26)22(15-30)25-31-23(16-38-25)21-14-20-19-11-7-6-8-17(19)12-13-24(20)37-28(21)34/h3-14,16H,2H2,1H3/b27-22-. The number of anilines is 1. The topological polar surface area (TPSA) is 109 Å². The summed E-state index contributed by atoms with van der Waals surface area (Å²) in [5.74, 6) is -0.573. The maximum atomic E-state index is 12.9. The van der Waals surface area contributed by atoms with Crippen molar-refractivity contribution in [2.75, 3.05) is 11.6 Å². The van der Waals surface area contributed by atoms with E-state index in [1.54, 1.807) is 24.4 Å². The molecule has 1 aliphatic heterocycles. The molecule has 0 atom stereocenters. The van der Waals surface area contributed by atoms with E-state index in [-0.39, 0.29) is 17.2 Å². The molecule has 0 fully saturated rings. The summed E-state index contributed by atoms with van der Waals surface area (Å²) in [6.45, 7) is 1.92. The summed E-state index contributed by atoms with van der Waals surface area (Å²) < 4.78 is 10.8. The SMILES string of the molecule is CCOC(=O)C1=NN(c2ccccc2)/C(=C(\C#N)c2nc(-c3cc4c(ccc5ccccc54)oc3=O)cs2)S1. The van der Waals surface area contributed by atoms with Gasteiger partial charge >= 0.3 is 11.6 Å². The number of hydrogen-bond acceptors (Lipinski definition) is 10. The Morgan fingerprint density at radius 1 is 1.08 bits per heavy atom. The van der Waals surface area contributed by atoms with Gasteiger partial charge in [-0.25, -0.2) is 19.6 Å². The van der Waals surface area contributed by atoms with E-state index in [2.05, 4.69) is 16.2 Å². The average molecular weight is 551 g/mol. The van der Waals surface area contributed by atoms with Gasteiger partial charge in [0.2, 0.25) is 5.04 Å². The van der Waals surface area contributed by atoms with Crippen molar-refractivity contribution in [2.24, 2.45) is 5.10 Å². The van der Waals surface area contributed by atoms with Crippen molar-refractivity contribution in [1.82, 2.24) is 4.98 Å². The summed E-state index contributed by atoms with van der Waals surface area (Å²) in [7, 11) is 0. The number of benzene rings is 3. The zero-order chi connectivity index (χ0) is 26.9. The average Bonchev–Trinajstić information content (AvgIpc) is 3.62. The van der Waals surface area contributed by atoms with Crippen molar-refractivity contribution < 1.29 is 13.9 Å². The molecule has 0 radical (unpaired) electrons. The first kappa shape index (κ1) is 24.6. The Morgan fingerprint density at radius 3 is 2.67 bits per heavy atom. The molecule has 0 saturated heterocycles. The van der Waals surface area contributed by atoms with Crippen molar-refractivity contribution in [3.8, 4) is 17.3 Å². The Labute approximate surface area is 230 Å². The molecule has 3 aromatic carbocycles. The molecule has 0 bridgehead atoms. The number of thiazole rings is 1. The molecule has 2 aromatic heterocycles. The lowest BCUT2D eigenvalue weighted by molar-refractivity contribution is -0.134. The number of fused-ring (bicyclic) bond motifs is 3. The number of nitriles is 1. The monoisotopic (exact) mass is 550 g/mol. The molecule has 0 saturated carbocycles. The van der Waals surface area contributed by atoms with Crippen LogP contribution in [0, 0.1) is 11.3 Å². The van der Waals surface area contributed by atoms with Gasteiger partial charge < -0.3 is 9.15 Å². The third-order valence-electron chi connectivity index (χ3n) is 5.99. The third kappa shape index (κ3) is 4.48. The number of hydrazone groups is 1. The summed E-state index contributed by atoms with van der Waals surface area (Å²) in [5, 5.41) is 21.6. The van der Waals surface area contributed by atoms with Crippen LogP contribution in [-0.4, -0.2) is 22.6 Å². The van der Waals surface area contributed by atoms with Crippen LogP contribution in [0.5, 0.6) is 0 Å². The highest BCUT2D eigenvalue weighted by Crippen LogP contribution is 2.41. The minimum Gasteiger partial charge on any atom is -0.461 e. The number of nitrogens with zero attached hydrogens (tertiary/aromatic N) is 4. The predicted molar refractivity (Wildman–Crippen MR) is 154 cm³/mol. The second-order valence-electron chi connectivity index (χ2n) is 8.35. The second-order valence-corrected chi connectivity index (χ2v) is 10.2. The van der Waals surface area contributed by atoms with Gasteiger partial charge in [-0.2, -0.15) is 10.4 Å². The first-order valence-corrected chi connectivity index (χ1v) is 13.6. The molecule has 10 heteroatoms. The number of aromatic nitrogens is 1. The van der Waals surface area contributed by atoms with E-state index in [0.717, 1.165) is 27.9 Å². The first-order chi connectivity index (χ1) is 19.1. The highest BCUT2D eigenvalue weighted by atomic mass is 32.2. The van der Waals surface area contributed by atoms with Gasteiger partial charge in [0.1, 0.15) is 27.3 Å². The summed E-state index contributed by atoms with van der Waals surface area (Å²) in [6.07, 6.45) is 0. The first-order valence-electron chi connectivity index (χ1n) is 11.9. The number of rotatable bonds is 5. The van der Waals surface area contributed by atoms with Crippen LogP contribution in [0.2, 0.25) is 0 Å². The van der Waals surface area contributed by atoms with E-state index in [1.165, 1.54) is 16.3 Å². The van der Waals surface area contributed by atoms with Gasteiger partial charge in [-0.3, -0.25) is 0 Å². The number of carbonyl (C=O) groups is 1. The van der Waals surface area contributed by atoms with E-state index in [1.807, 2.05) is 60.7 Å². The molecule has 0 spiro atoms. The van der Waals surface area contributed by atoms with Gasteiger partial charge in [0.05, 0.1) is 23.6 Å². The highest BCUT2D eigenvalue weighted by Gasteiger charge is 2.32. The molecule has 39 heavy (non-hydrogen) atoms. The maximum Gasteiger partial charge on any atom is 0.365 e. The van der Waals surface area contributed by atoms with Gasteiger partial charge in [-0.15, -0.1) is 11.3 Å². The second kappa shape index (κ2) is 10.2. The Balaban J connectivity index is 1.45. The lowest BCUT2D eigenvalue weighted by Crippen LogP contribution is -2.13. The number of allylic oxidation sites excluding steroid dienone is 1. The van der Waals surface area contributed by atoms with Crippen LogP contribution in [0.15, 0.2) is 97.5 Å². The molecule has 0 unspecified atom stereocenters. The summed E-state index contributed by atoms with van der Waals surface area (Å²) >= 11 is 2.27.